The van der Waals surface area contributed by atoms with Crippen LogP contribution in [0, 0.1) is 0 Å². The van der Waals surface area contributed by atoms with Crippen molar-refractivity contribution in [1.29, 1.82) is 0 Å². The number of aromatic nitrogens is 2. The molecule has 5 heteroatoms. The molecule has 0 bridgehead atoms. The maximum atomic E-state index is 9.09. The van der Waals surface area contributed by atoms with Gasteiger partial charge in [0.05, 0.1) is 17.6 Å². The third-order valence-electron chi connectivity index (χ3n) is 2.75. The van der Waals surface area contributed by atoms with Gasteiger partial charge in [-0.3, -0.25) is 0 Å². The SMILES string of the molecule is OCc1ccc(Sc2nc3ccccc3[nH]2)c(Br)c1. The summed E-state index contributed by atoms with van der Waals surface area (Å²) < 4.78 is 0.963. The minimum Gasteiger partial charge on any atom is -0.392 e. The monoisotopic (exact) mass is 334 g/mol. The number of aromatic amines is 1. The normalized spacial score (nSPS) is 11.1. The van der Waals surface area contributed by atoms with Crippen molar-refractivity contribution in [3.63, 3.8) is 0 Å². The summed E-state index contributed by atoms with van der Waals surface area (Å²) in [6, 6.07) is 13.8. The van der Waals surface area contributed by atoms with Crippen LogP contribution in [0.3, 0.4) is 0 Å². The van der Waals surface area contributed by atoms with Crippen LogP contribution in [0.4, 0.5) is 0 Å². The summed E-state index contributed by atoms with van der Waals surface area (Å²) in [7, 11) is 0. The van der Waals surface area contributed by atoms with Crippen molar-refractivity contribution >= 4 is 38.7 Å². The Morgan fingerprint density at radius 3 is 2.79 bits per heavy atom. The van der Waals surface area contributed by atoms with Gasteiger partial charge in [0, 0.05) is 9.37 Å². The molecule has 96 valence electrons. The maximum Gasteiger partial charge on any atom is 0.171 e. The Morgan fingerprint density at radius 1 is 1.21 bits per heavy atom. The van der Waals surface area contributed by atoms with Gasteiger partial charge in [-0.25, -0.2) is 4.98 Å². The second-order valence-corrected chi connectivity index (χ2v) is 5.97. The zero-order valence-electron chi connectivity index (χ0n) is 9.93. The molecular weight excluding hydrogens is 324 g/mol. The van der Waals surface area contributed by atoms with E-state index in [1.165, 1.54) is 0 Å². The highest BCUT2D eigenvalue weighted by Crippen LogP contribution is 2.33. The Labute approximate surface area is 123 Å². The first kappa shape index (κ1) is 12.7. The van der Waals surface area contributed by atoms with Crippen LogP contribution in [0.25, 0.3) is 11.0 Å². The molecule has 0 atom stereocenters. The van der Waals surface area contributed by atoms with Gasteiger partial charge in [-0.2, -0.15) is 0 Å². The summed E-state index contributed by atoms with van der Waals surface area (Å²) in [6.07, 6.45) is 0. The van der Waals surface area contributed by atoms with Gasteiger partial charge in [-0.05, 0) is 45.8 Å². The Bertz CT molecular complexity index is 693. The van der Waals surface area contributed by atoms with Gasteiger partial charge < -0.3 is 10.1 Å². The van der Waals surface area contributed by atoms with Gasteiger partial charge in [-0.1, -0.05) is 30.0 Å². The third-order valence-corrected chi connectivity index (χ3v) is 4.63. The van der Waals surface area contributed by atoms with Crippen molar-refractivity contribution in [3.8, 4) is 0 Å². The summed E-state index contributed by atoms with van der Waals surface area (Å²) >= 11 is 5.08. The fraction of sp³-hybridized carbons (Fsp3) is 0.0714. The zero-order chi connectivity index (χ0) is 13.2. The van der Waals surface area contributed by atoms with Crippen molar-refractivity contribution in [3.05, 3.63) is 52.5 Å². The molecule has 0 aliphatic heterocycles. The molecule has 0 unspecified atom stereocenters. The minimum atomic E-state index is 0.0498. The van der Waals surface area contributed by atoms with Crippen LogP contribution in [-0.4, -0.2) is 15.1 Å². The number of benzene rings is 2. The number of nitrogens with zero attached hydrogens (tertiary/aromatic N) is 1. The number of rotatable bonds is 3. The Balaban J connectivity index is 1.92. The lowest BCUT2D eigenvalue weighted by molar-refractivity contribution is 0.281. The van der Waals surface area contributed by atoms with Crippen molar-refractivity contribution in [2.45, 2.75) is 16.7 Å². The number of hydrogen-bond acceptors (Lipinski definition) is 3. The van der Waals surface area contributed by atoms with E-state index >= 15 is 0 Å². The van der Waals surface area contributed by atoms with E-state index in [9.17, 15) is 0 Å². The summed E-state index contributed by atoms with van der Waals surface area (Å²) in [4.78, 5) is 8.88. The van der Waals surface area contributed by atoms with Gasteiger partial charge in [0.15, 0.2) is 5.16 Å². The first-order valence-corrected chi connectivity index (χ1v) is 7.39. The number of imidazole rings is 1. The van der Waals surface area contributed by atoms with E-state index in [4.69, 9.17) is 5.11 Å². The van der Waals surface area contributed by atoms with Crippen LogP contribution >= 0.6 is 27.7 Å². The van der Waals surface area contributed by atoms with Crippen molar-refractivity contribution in [1.82, 2.24) is 9.97 Å². The number of hydrogen-bond donors (Lipinski definition) is 2. The van der Waals surface area contributed by atoms with E-state index < -0.39 is 0 Å². The summed E-state index contributed by atoms with van der Waals surface area (Å²) in [6.45, 7) is 0.0498. The molecule has 0 amide bonds. The molecule has 1 heterocycles. The predicted octanol–water partition coefficient (Wildman–Crippen LogP) is 3.97. The highest BCUT2D eigenvalue weighted by molar-refractivity contribution is 9.10. The van der Waals surface area contributed by atoms with Gasteiger partial charge in [0.2, 0.25) is 0 Å². The van der Waals surface area contributed by atoms with Crippen molar-refractivity contribution < 1.29 is 5.11 Å². The first-order valence-electron chi connectivity index (χ1n) is 5.78. The molecular formula is C14H11BrN2OS. The smallest absolute Gasteiger partial charge is 0.171 e. The van der Waals surface area contributed by atoms with E-state index in [0.717, 1.165) is 31.1 Å². The second kappa shape index (κ2) is 5.36. The van der Waals surface area contributed by atoms with Crippen LogP contribution in [0.15, 0.2) is 57.0 Å². The number of H-pyrrole nitrogens is 1. The number of nitrogens with one attached hydrogen (secondary N) is 1. The van der Waals surface area contributed by atoms with Gasteiger partial charge in [0.25, 0.3) is 0 Å². The minimum absolute atomic E-state index is 0.0498. The first-order chi connectivity index (χ1) is 9.26. The predicted molar refractivity (Wildman–Crippen MR) is 80.3 cm³/mol. The highest BCUT2D eigenvalue weighted by atomic mass is 79.9. The van der Waals surface area contributed by atoms with Gasteiger partial charge in [0.1, 0.15) is 0 Å². The Morgan fingerprint density at radius 2 is 2.05 bits per heavy atom. The maximum absolute atomic E-state index is 9.09. The fourth-order valence-electron chi connectivity index (χ4n) is 1.81. The Hall–Kier alpha value is -1.30. The number of halogens is 1. The third kappa shape index (κ3) is 2.68. The molecule has 19 heavy (non-hydrogen) atoms. The second-order valence-electron chi connectivity index (χ2n) is 4.08. The summed E-state index contributed by atoms with van der Waals surface area (Å²) in [5.74, 6) is 0. The molecule has 0 spiro atoms. The topological polar surface area (TPSA) is 48.9 Å². The number of para-hydroxylation sites is 2. The molecule has 3 nitrogen and oxygen atoms in total. The van der Waals surface area contributed by atoms with Crippen LogP contribution in [0.1, 0.15) is 5.56 Å². The quantitative estimate of drug-likeness (QED) is 0.761. The fourth-order valence-corrected chi connectivity index (χ4v) is 3.28. The van der Waals surface area contributed by atoms with E-state index in [0.29, 0.717) is 0 Å². The number of fused-ring (bicyclic) bond motifs is 1. The molecule has 0 saturated carbocycles. The summed E-state index contributed by atoms with van der Waals surface area (Å²) in [5, 5.41) is 9.95. The number of aliphatic hydroxyl groups excluding tert-OH is 1. The molecule has 0 saturated heterocycles. The largest absolute Gasteiger partial charge is 0.392 e. The van der Waals surface area contributed by atoms with E-state index in [1.807, 2.05) is 42.5 Å². The molecule has 2 N–H and O–H groups in total. The van der Waals surface area contributed by atoms with Gasteiger partial charge in [-0.15, -0.1) is 0 Å². The van der Waals surface area contributed by atoms with Crippen LogP contribution < -0.4 is 0 Å². The van der Waals surface area contributed by atoms with E-state index in [-0.39, 0.29) is 6.61 Å². The lowest BCUT2D eigenvalue weighted by Crippen LogP contribution is -1.84. The molecule has 0 aliphatic carbocycles. The standard InChI is InChI=1S/C14H11BrN2OS/c15-10-7-9(8-18)5-6-13(10)19-14-16-11-3-1-2-4-12(11)17-14/h1-7,18H,8H2,(H,16,17). The van der Waals surface area contributed by atoms with Crippen molar-refractivity contribution in [2.75, 3.05) is 0 Å². The average molecular weight is 335 g/mol. The zero-order valence-corrected chi connectivity index (χ0v) is 12.3. The lowest BCUT2D eigenvalue weighted by atomic mass is 10.2. The number of aliphatic hydroxyl groups is 1. The van der Waals surface area contributed by atoms with Crippen LogP contribution in [0.5, 0.6) is 0 Å². The molecule has 3 rings (SSSR count). The van der Waals surface area contributed by atoms with Crippen molar-refractivity contribution in [2.24, 2.45) is 0 Å². The van der Waals surface area contributed by atoms with E-state index in [1.54, 1.807) is 11.8 Å². The molecule has 0 aliphatic rings. The lowest BCUT2D eigenvalue weighted by Gasteiger charge is -2.03. The average Bonchev–Trinajstić information content (AvgIpc) is 2.83. The molecule has 1 aromatic heterocycles. The Kier molecular flexibility index (Phi) is 3.59. The van der Waals surface area contributed by atoms with Crippen LogP contribution in [-0.2, 0) is 6.61 Å². The molecule has 0 radical (unpaired) electrons. The molecule has 2 aromatic carbocycles. The van der Waals surface area contributed by atoms with E-state index in [2.05, 4.69) is 25.9 Å². The van der Waals surface area contributed by atoms with Gasteiger partial charge >= 0.3 is 0 Å². The highest BCUT2D eigenvalue weighted by Gasteiger charge is 2.07. The summed E-state index contributed by atoms with van der Waals surface area (Å²) in [5.41, 5.74) is 2.89. The van der Waals surface area contributed by atoms with Crippen LogP contribution in [0.2, 0.25) is 0 Å². The molecule has 3 aromatic rings. The molecule has 0 fully saturated rings.